The van der Waals surface area contributed by atoms with Gasteiger partial charge < -0.3 is 15.6 Å². The number of imidazole rings is 1. The van der Waals surface area contributed by atoms with Gasteiger partial charge in [0.2, 0.25) is 26.9 Å². The van der Waals surface area contributed by atoms with Gasteiger partial charge in [0.25, 0.3) is 0 Å². The Balaban J connectivity index is 1.98. The third kappa shape index (κ3) is 3.06. The molecule has 0 aliphatic carbocycles. The summed E-state index contributed by atoms with van der Waals surface area (Å²) in [7, 11) is -0.271. The summed E-state index contributed by atoms with van der Waals surface area (Å²) in [6.07, 6.45) is 0. The Morgan fingerprint density at radius 3 is 2.57 bits per heavy atom. The van der Waals surface area contributed by atoms with E-state index >= 15 is 0 Å². The van der Waals surface area contributed by atoms with Crippen LogP contribution in [0.3, 0.4) is 0 Å². The number of aromatic nitrogens is 5. The summed E-state index contributed by atoms with van der Waals surface area (Å²) in [5.74, 6) is -0.0760. The van der Waals surface area contributed by atoms with E-state index in [2.05, 4.69) is 24.9 Å². The third-order valence-electron chi connectivity index (χ3n) is 3.07. The molecule has 0 bridgehead atoms. The number of nitrogens with zero attached hydrogens (tertiary/aromatic N) is 5. The fourth-order valence-electron chi connectivity index (χ4n) is 2.00. The van der Waals surface area contributed by atoms with Crippen LogP contribution >= 0.6 is 0 Å². The van der Waals surface area contributed by atoms with Crippen LogP contribution in [0.1, 0.15) is 5.82 Å². The number of aromatic amines is 1. The zero-order valence-corrected chi connectivity index (χ0v) is 13.4. The molecule has 10 heteroatoms. The molecule has 0 aliphatic heterocycles. The van der Waals surface area contributed by atoms with Gasteiger partial charge in [-0.25, -0.2) is 13.4 Å². The maximum absolute atomic E-state index is 12.5. The number of anilines is 2. The minimum Gasteiger partial charge on any atom is -0.368 e. The number of benzene rings is 1. The van der Waals surface area contributed by atoms with Gasteiger partial charge in [0.15, 0.2) is 5.82 Å². The van der Waals surface area contributed by atoms with Gasteiger partial charge in [-0.15, -0.1) is 0 Å². The number of nitrogens with two attached hydrogens (primary N) is 1. The van der Waals surface area contributed by atoms with E-state index in [9.17, 15) is 8.42 Å². The number of hydrogen-bond donors (Lipinski definition) is 2. The Kier molecular flexibility index (Phi) is 3.60. The zero-order chi connectivity index (χ0) is 16.6. The molecule has 0 aliphatic rings. The molecular formula is C13H15N7O2S. The van der Waals surface area contributed by atoms with Gasteiger partial charge in [0, 0.05) is 14.1 Å². The van der Waals surface area contributed by atoms with Crippen molar-refractivity contribution in [2.24, 2.45) is 0 Å². The second-order valence-electron chi connectivity index (χ2n) is 5.12. The molecule has 0 saturated heterocycles. The van der Waals surface area contributed by atoms with Crippen LogP contribution in [0.5, 0.6) is 0 Å². The normalized spacial score (nSPS) is 11.7. The SMILES string of the molecule is CN(C)c1nc(N)nc(CS(=O)(=O)c2nc3ccccc3[nH]2)n1. The van der Waals surface area contributed by atoms with Crippen molar-refractivity contribution in [1.82, 2.24) is 24.9 Å². The Bertz CT molecular complexity index is 932. The smallest absolute Gasteiger partial charge is 0.229 e. The summed E-state index contributed by atoms with van der Waals surface area (Å²) in [6.45, 7) is 0. The number of rotatable bonds is 4. The molecule has 0 amide bonds. The van der Waals surface area contributed by atoms with E-state index < -0.39 is 15.6 Å². The molecule has 2 aromatic heterocycles. The maximum Gasteiger partial charge on any atom is 0.229 e. The Morgan fingerprint density at radius 1 is 1.13 bits per heavy atom. The largest absolute Gasteiger partial charge is 0.368 e. The van der Waals surface area contributed by atoms with Crippen LogP contribution in [0.4, 0.5) is 11.9 Å². The van der Waals surface area contributed by atoms with Gasteiger partial charge in [0.05, 0.1) is 11.0 Å². The predicted octanol–water partition coefficient (Wildman–Crippen LogP) is 0.370. The van der Waals surface area contributed by atoms with E-state index in [-0.39, 0.29) is 16.9 Å². The van der Waals surface area contributed by atoms with Crippen LogP contribution in [0.15, 0.2) is 29.4 Å². The van der Waals surface area contributed by atoms with Crippen LogP contribution in [0, 0.1) is 0 Å². The second-order valence-corrected chi connectivity index (χ2v) is 7.03. The number of H-pyrrole nitrogens is 1. The first kappa shape index (κ1) is 15.2. The summed E-state index contributed by atoms with van der Waals surface area (Å²) in [5, 5.41) is -0.121. The van der Waals surface area contributed by atoms with Crippen molar-refractivity contribution >= 4 is 32.8 Å². The third-order valence-corrected chi connectivity index (χ3v) is 4.49. The van der Waals surface area contributed by atoms with E-state index in [1.54, 1.807) is 43.3 Å². The van der Waals surface area contributed by atoms with Crippen molar-refractivity contribution in [2.45, 2.75) is 10.9 Å². The molecule has 3 N–H and O–H groups in total. The molecule has 23 heavy (non-hydrogen) atoms. The van der Waals surface area contributed by atoms with Crippen molar-refractivity contribution in [1.29, 1.82) is 0 Å². The number of sulfone groups is 1. The van der Waals surface area contributed by atoms with Crippen molar-refractivity contribution in [3.63, 3.8) is 0 Å². The first-order chi connectivity index (χ1) is 10.8. The molecule has 0 spiro atoms. The highest BCUT2D eigenvalue weighted by Crippen LogP contribution is 2.17. The molecule has 0 radical (unpaired) electrons. The summed E-state index contributed by atoms with van der Waals surface area (Å²) in [4.78, 5) is 20.4. The number of hydrogen-bond acceptors (Lipinski definition) is 8. The average Bonchev–Trinajstić information content (AvgIpc) is 2.91. The van der Waals surface area contributed by atoms with Crippen LogP contribution in [0.25, 0.3) is 11.0 Å². The molecule has 0 fully saturated rings. The predicted molar refractivity (Wildman–Crippen MR) is 85.5 cm³/mol. The van der Waals surface area contributed by atoms with E-state index in [1.165, 1.54) is 0 Å². The second kappa shape index (κ2) is 5.47. The van der Waals surface area contributed by atoms with Gasteiger partial charge in [-0.2, -0.15) is 15.0 Å². The summed E-state index contributed by atoms with van der Waals surface area (Å²) < 4.78 is 25.0. The van der Waals surface area contributed by atoms with Crippen LogP contribution in [0.2, 0.25) is 0 Å². The van der Waals surface area contributed by atoms with E-state index in [0.717, 1.165) is 0 Å². The lowest BCUT2D eigenvalue weighted by Gasteiger charge is -2.11. The van der Waals surface area contributed by atoms with E-state index in [1.807, 2.05) is 0 Å². The monoisotopic (exact) mass is 333 g/mol. The maximum atomic E-state index is 12.5. The lowest BCUT2D eigenvalue weighted by atomic mass is 10.3. The number of para-hydroxylation sites is 2. The summed E-state index contributed by atoms with van der Waals surface area (Å²) in [6, 6.07) is 7.07. The highest BCUT2D eigenvalue weighted by Gasteiger charge is 2.22. The number of nitrogen functional groups attached to an aromatic ring is 1. The van der Waals surface area contributed by atoms with Crippen LogP contribution in [-0.2, 0) is 15.6 Å². The molecule has 0 atom stereocenters. The lowest BCUT2D eigenvalue weighted by Crippen LogP contribution is -2.18. The molecule has 0 unspecified atom stereocenters. The van der Waals surface area contributed by atoms with Gasteiger partial charge in [0.1, 0.15) is 5.75 Å². The number of fused-ring (bicyclic) bond motifs is 1. The van der Waals surface area contributed by atoms with Gasteiger partial charge in [-0.1, -0.05) is 12.1 Å². The quantitative estimate of drug-likeness (QED) is 0.700. The molecule has 9 nitrogen and oxygen atoms in total. The zero-order valence-electron chi connectivity index (χ0n) is 12.6. The highest BCUT2D eigenvalue weighted by molar-refractivity contribution is 7.90. The molecule has 0 saturated carbocycles. The summed E-state index contributed by atoms with van der Waals surface area (Å²) in [5.41, 5.74) is 6.84. The van der Waals surface area contributed by atoms with Crippen molar-refractivity contribution in [2.75, 3.05) is 24.7 Å². The van der Waals surface area contributed by atoms with E-state index in [0.29, 0.717) is 17.0 Å². The van der Waals surface area contributed by atoms with Gasteiger partial charge in [-0.05, 0) is 12.1 Å². The Hall–Kier alpha value is -2.75. The van der Waals surface area contributed by atoms with Crippen LogP contribution in [-0.4, -0.2) is 47.4 Å². The molecule has 2 heterocycles. The Morgan fingerprint density at radius 2 is 1.87 bits per heavy atom. The fourth-order valence-corrected chi connectivity index (χ4v) is 3.11. The minimum atomic E-state index is -3.73. The van der Waals surface area contributed by atoms with E-state index in [4.69, 9.17) is 5.73 Å². The van der Waals surface area contributed by atoms with Crippen LogP contribution < -0.4 is 10.6 Å². The molecular weight excluding hydrogens is 318 g/mol. The topological polar surface area (TPSA) is 131 Å². The van der Waals surface area contributed by atoms with Crippen molar-refractivity contribution in [3.05, 3.63) is 30.1 Å². The first-order valence-electron chi connectivity index (χ1n) is 6.70. The average molecular weight is 333 g/mol. The molecule has 1 aromatic carbocycles. The van der Waals surface area contributed by atoms with Gasteiger partial charge >= 0.3 is 0 Å². The van der Waals surface area contributed by atoms with Crippen molar-refractivity contribution < 1.29 is 8.42 Å². The standard InChI is InChI=1S/C13H15N7O2S/c1-20(2)12-18-10(17-11(14)19-12)7-23(21,22)13-15-8-5-3-4-6-9(8)16-13/h3-6H,7H2,1-2H3,(H,15,16)(H2,14,17,18,19). The molecule has 3 aromatic rings. The number of nitrogens with one attached hydrogen (secondary N) is 1. The highest BCUT2D eigenvalue weighted by atomic mass is 32.2. The lowest BCUT2D eigenvalue weighted by molar-refractivity contribution is 0.587. The first-order valence-corrected chi connectivity index (χ1v) is 8.35. The molecule has 120 valence electrons. The van der Waals surface area contributed by atoms with Gasteiger partial charge in [-0.3, -0.25) is 0 Å². The molecule has 3 rings (SSSR count). The summed E-state index contributed by atoms with van der Waals surface area (Å²) >= 11 is 0. The Labute approximate surface area is 132 Å². The minimum absolute atomic E-state index is 0.0292. The van der Waals surface area contributed by atoms with Crippen molar-refractivity contribution in [3.8, 4) is 0 Å². The fraction of sp³-hybridized carbons (Fsp3) is 0.231.